The van der Waals surface area contributed by atoms with Crippen molar-refractivity contribution in [1.29, 1.82) is 0 Å². The minimum absolute atomic E-state index is 0.0554. The molecule has 0 spiro atoms. The highest BCUT2D eigenvalue weighted by Gasteiger charge is 2.08. The summed E-state index contributed by atoms with van der Waals surface area (Å²) < 4.78 is 10.3. The fourth-order valence-corrected chi connectivity index (χ4v) is 1.72. The van der Waals surface area contributed by atoms with Crippen molar-refractivity contribution >= 4 is 22.5 Å². The SMILES string of the molecule is COc1ccc2oc(=O)cc(CO/N=C(\C)C(C)=O)c2c1. The first-order valence-corrected chi connectivity index (χ1v) is 6.29. The van der Waals surface area contributed by atoms with Crippen molar-refractivity contribution in [2.75, 3.05) is 7.11 Å². The second-order valence-electron chi connectivity index (χ2n) is 4.46. The predicted octanol–water partition coefficient (Wildman–Crippen LogP) is 2.28. The van der Waals surface area contributed by atoms with E-state index < -0.39 is 5.63 Å². The van der Waals surface area contributed by atoms with Crippen molar-refractivity contribution in [2.24, 2.45) is 5.16 Å². The van der Waals surface area contributed by atoms with Crippen LogP contribution in [0.3, 0.4) is 0 Å². The van der Waals surface area contributed by atoms with Gasteiger partial charge in [-0.05, 0) is 25.1 Å². The third kappa shape index (κ3) is 3.47. The van der Waals surface area contributed by atoms with Crippen molar-refractivity contribution in [3.05, 3.63) is 40.2 Å². The Hall–Kier alpha value is -2.63. The molecule has 0 fully saturated rings. The van der Waals surface area contributed by atoms with Gasteiger partial charge in [0.15, 0.2) is 5.78 Å². The molecular formula is C15H15NO5. The summed E-state index contributed by atoms with van der Waals surface area (Å²) in [6, 6.07) is 6.44. The minimum Gasteiger partial charge on any atom is -0.497 e. The van der Waals surface area contributed by atoms with E-state index >= 15 is 0 Å². The molecule has 0 saturated heterocycles. The number of ether oxygens (including phenoxy) is 1. The molecule has 0 amide bonds. The maximum absolute atomic E-state index is 11.5. The van der Waals surface area contributed by atoms with E-state index in [0.29, 0.717) is 22.3 Å². The molecule has 2 aromatic rings. The number of carbonyl (C=O) groups is 1. The van der Waals surface area contributed by atoms with Crippen LogP contribution in [0, 0.1) is 0 Å². The van der Waals surface area contributed by atoms with Gasteiger partial charge in [-0.25, -0.2) is 4.79 Å². The molecule has 0 aliphatic rings. The van der Waals surface area contributed by atoms with Crippen LogP contribution in [0.5, 0.6) is 5.75 Å². The zero-order valence-electron chi connectivity index (χ0n) is 12.0. The summed E-state index contributed by atoms with van der Waals surface area (Å²) in [6.07, 6.45) is 0. The molecule has 1 heterocycles. The topological polar surface area (TPSA) is 78.1 Å². The molecule has 6 nitrogen and oxygen atoms in total. The number of hydrogen-bond donors (Lipinski definition) is 0. The Morgan fingerprint density at radius 3 is 2.71 bits per heavy atom. The van der Waals surface area contributed by atoms with Gasteiger partial charge in [-0.15, -0.1) is 0 Å². The molecule has 1 aromatic heterocycles. The maximum atomic E-state index is 11.5. The number of rotatable bonds is 5. The summed E-state index contributed by atoms with van der Waals surface area (Å²) in [5, 5.41) is 4.40. The number of nitrogens with zero attached hydrogens (tertiary/aromatic N) is 1. The van der Waals surface area contributed by atoms with Gasteiger partial charge in [0.25, 0.3) is 0 Å². The fourth-order valence-electron chi connectivity index (χ4n) is 1.72. The Labute approximate surface area is 121 Å². The van der Waals surface area contributed by atoms with E-state index in [1.165, 1.54) is 13.0 Å². The van der Waals surface area contributed by atoms with Gasteiger partial charge in [-0.2, -0.15) is 0 Å². The normalized spacial score (nSPS) is 11.5. The standard InChI is InChI=1S/C15H15NO5/c1-9(10(2)17)16-20-8-11-6-15(18)21-14-5-4-12(19-3)7-13(11)14/h4-7H,8H2,1-3H3/b16-9+. The van der Waals surface area contributed by atoms with E-state index in [2.05, 4.69) is 5.16 Å². The van der Waals surface area contributed by atoms with Crippen LogP contribution in [0.2, 0.25) is 0 Å². The first kappa shape index (κ1) is 14.8. The number of oxime groups is 1. The number of methoxy groups -OCH3 is 1. The molecule has 0 radical (unpaired) electrons. The summed E-state index contributed by atoms with van der Waals surface area (Å²) in [7, 11) is 1.55. The molecule has 0 aliphatic carbocycles. The fraction of sp³-hybridized carbons (Fsp3) is 0.267. The number of carbonyl (C=O) groups excluding carboxylic acids is 1. The molecule has 6 heteroatoms. The summed E-state index contributed by atoms with van der Waals surface area (Å²) in [4.78, 5) is 27.7. The minimum atomic E-state index is -0.474. The van der Waals surface area contributed by atoms with Gasteiger partial charge in [0.05, 0.1) is 7.11 Å². The van der Waals surface area contributed by atoms with Crippen LogP contribution >= 0.6 is 0 Å². The van der Waals surface area contributed by atoms with Gasteiger partial charge < -0.3 is 14.0 Å². The number of benzene rings is 1. The smallest absolute Gasteiger partial charge is 0.336 e. The van der Waals surface area contributed by atoms with Gasteiger partial charge >= 0.3 is 5.63 Å². The summed E-state index contributed by atoms with van der Waals surface area (Å²) >= 11 is 0. The Morgan fingerprint density at radius 2 is 2.05 bits per heavy atom. The largest absolute Gasteiger partial charge is 0.497 e. The molecule has 21 heavy (non-hydrogen) atoms. The van der Waals surface area contributed by atoms with Crippen LogP contribution in [0.25, 0.3) is 11.0 Å². The monoisotopic (exact) mass is 289 g/mol. The molecule has 110 valence electrons. The van der Waals surface area contributed by atoms with Crippen LogP contribution in [0.15, 0.2) is 38.6 Å². The zero-order chi connectivity index (χ0) is 15.4. The highest BCUT2D eigenvalue weighted by Crippen LogP contribution is 2.23. The van der Waals surface area contributed by atoms with Gasteiger partial charge in [-0.3, -0.25) is 4.79 Å². The Kier molecular flexibility index (Phi) is 4.37. The van der Waals surface area contributed by atoms with Crippen LogP contribution in [0.1, 0.15) is 19.4 Å². The zero-order valence-corrected chi connectivity index (χ0v) is 12.0. The quantitative estimate of drug-likeness (QED) is 0.479. The van der Waals surface area contributed by atoms with E-state index in [0.717, 1.165) is 0 Å². The van der Waals surface area contributed by atoms with Crippen molar-refractivity contribution in [3.8, 4) is 5.75 Å². The second-order valence-corrected chi connectivity index (χ2v) is 4.46. The van der Waals surface area contributed by atoms with E-state index in [-0.39, 0.29) is 18.1 Å². The average Bonchev–Trinajstić information content (AvgIpc) is 2.46. The van der Waals surface area contributed by atoms with Gasteiger partial charge in [0, 0.05) is 23.9 Å². The number of ketones is 1. The maximum Gasteiger partial charge on any atom is 0.336 e. The lowest BCUT2D eigenvalue weighted by atomic mass is 10.1. The Bertz CT molecular complexity index is 760. The Balaban J connectivity index is 2.36. The third-order valence-corrected chi connectivity index (χ3v) is 2.97. The molecule has 0 atom stereocenters. The van der Waals surface area contributed by atoms with E-state index in [9.17, 15) is 9.59 Å². The van der Waals surface area contributed by atoms with Crippen LogP contribution in [0.4, 0.5) is 0 Å². The first-order chi connectivity index (χ1) is 10.0. The molecular weight excluding hydrogens is 274 g/mol. The number of hydrogen-bond acceptors (Lipinski definition) is 6. The van der Waals surface area contributed by atoms with Crippen LogP contribution < -0.4 is 10.4 Å². The second kappa shape index (κ2) is 6.21. The lowest BCUT2D eigenvalue weighted by Gasteiger charge is -2.06. The molecule has 1 aromatic carbocycles. The lowest BCUT2D eigenvalue weighted by Crippen LogP contribution is -2.06. The first-order valence-electron chi connectivity index (χ1n) is 6.29. The van der Waals surface area contributed by atoms with Crippen LogP contribution in [-0.4, -0.2) is 18.6 Å². The van der Waals surface area contributed by atoms with Gasteiger partial charge in [0.1, 0.15) is 23.7 Å². The van der Waals surface area contributed by atoms with Crippen LogP contribution in [-0.2, 0) is 16.2 Å². The number of Topliss-reactive ketones (excluding diaryl/α,β-unsaturated/α-hetero) is 1. The molecule has 0 saturated carbocycles. The molecule has 0 aliphatic heterocycles. The van der Waals surface area contributed by atoms with Crippen molar-refractivity contribution in [1.82, 2.24) is 0 Å². The van der Waals surface area contributed by atoms with Gasteiger partial charge in [-0.1, -0.05) is 5.16 Å². The highest BCUT2D eigenvalue weighted by molar-refractivity contribution is 6.37. The number of fused-ring (bicyclic) bond motifs is 1. The molecule has 0 bridgehead atoms. The van der Waals surface area contributed by atoms with Crippen molar-refractivity contribution < 1.29 is 18.8 Å². The van der Waals surface area contributed by atoms with E-state index in [1.54, 1.807) is 32.2 Å². The summed E-state index contributed by atoms with van der Waals surface area (Å²) in [5.74, 6) is 0.468. The predicted molar refractivity (Wildman–Crippen MR) is 77.6 cm³/mol. The molecule has 0 unspecified atom stereocenters. The van der Waals surface area contributed by atoms with Crippen molar-refractivity contribution in [3.63, 3.8) is 0 Å². The summed E-state index contributed by atoms with van der Waals surface area (Å²) in [6.45, 7) is 3.02. The molecule has 0 N–H and O–H groups in total. The summed E-state index contributed by atoms with van der Waals surface area (Å²) in [5.41, 5.74) is 0.841. The highest BCUT2D eigenvalue weighted by atomic mass is 16.6. The third-order valence-electron chi connectivity index (χ3n) is 2.97. The molecule has 2 rings (SSSR count). The van der Waals surface area contributed by atoms with Crippen molar-refractivity contribution in [2.45, 2.75) is 20.5 Å². The average molecular weight is 289 g/mol. The van der Waals surface area contributed by atoms with E-state index in [4.69, 9.17) is 14.0 Å². The van der Waals surface area contributed by atoms with E-state index in [1.807, 2.05) is 0 Å². The Morgan fingerprint density at radius 1 is 1.29 bits per heavy atom. The lowest BCUT2D eigenvalue weighted by molar-refractivity contribution is -0.111. The van der Waals surface area contributed by atoms with Gasteiger partial charge in [0.2, 0.25) is 0 Å².